The number of halogens is 2. The number of carbonyl (C=O) groups excluding carboxylic acids is 1. The molecule has 0 saturated carbocycles. The molecule has 1 atom stereocenters. The molecule has 16 heavy (non-hydrogen) atoms. The summed E-state index contributed by atoms with van der Waals surface area (Å²) in [6.07, 6.45) is 0. The summed E-state index contributed by atoms with van der Waals surface area (Å²) in [6, 6.07) is 3.75. The third-order valence-corrected chi connectivity index (χ3v) is 2.72. The van der Waals surface area contributed by atoms with E-state index in [1.54, 1.807) is 14.0 Å². The predicted molar refractivity (Wildman–Crippen MR) is 62.0 cm³/mol. The first-order valence-electron chi connectivity index (χ1n) is 4.89. The van der Waals surface area contributed by atoms with Gasteiger partial charge < -0.3 is 10.6 Å². The number of nitrogens with zero attached hydrogens (tertiary/aromatic N) is 1. The Morgan fingerprint density at radius 1 is 1.62 bits per heavy atom. The van der Waals surface area contributed by atoms with Gasteiger partial charge in [0.15, 0.2) is 0 Å². The fourth-order valence-electron chi connectivity index (χ4n) is 1.21. The zero-order chi connectivity index (χ0) is 12.3. The molecule has 1 rings (SSSR count). The van der Waals surface area contributed by atoms with Gasteiger partial charge in [-0.3, -0.25) is 4.79 Å². The van der Waals surface area contributed by atoms with Crippen LogP contribution in [0, 0.1) is 5.82 Å². The molecule has 0 aromatic heterocycles. The molecule has 0 saturated heterocycles. The van der Waals surface area contributed by atoms with E-state index in [-0.39, 0.29) is 11.6 Å². The quantitative estimate of drug-likeness (QED) is 0.883. The van der Waals surface area contributed by atoms with Crippen LogP contribution in [0.4, 0.5) is 4.39 Å². The minimum Gasteiger partial charge on any atom is -0.338 e. The maximum atomic E-state index is 13.4. The minimum absolute atomic E-state index is 0.0321. The monoisotopic (exact) mass is 244 g/mol. The lowest BCUT2D eigenvalue weighted by atomic mass is 10.1. The Labute approximate surface area is 99.0 Å². The zero-order valence-corrected chi connectivity index (χ0v) is 9.96. The fraction of sp³-hybridized carbons (Fsp3) is 0.364. The summed E-state index contributed by atoms with van der Waals surface area (Å²) < 4.78 is 13.4. The van der Waals surface area contributed by atoms with Crippen molar-refractivity contribution in [3.05, 3.63) is 34.6 Å². The highest BCUT2D eigenvalue weighted by molar-refractivity contribution is 6.30. The number of benzene rings is 1. The fourth-order valence-corrected chi connectivity index (χ4v) is 1.38. The second-order valence-corrected chi connectivity index (χ2v) is 4.06. The van der Waals surface area contributed by atoms with Crippen LogP contribution in [-0.2, 0) is 0 Å². The van der Waals surface area contributed by atoms with Crippen molar-refractivity contribution in [2.45, 2.75) is 13.0 Å². The average molecular weight is 245 g/mol. The van der Waals surface area contributed by atoms with Crippen molar-refractivity contribution in [2.24, 2.45) is 5.73 Å². The van der Waals surface area contributed by atoms with Gasteiger partial charge in [0.1, 0.15) is 5.82 Å². The molecule has 3 nitrogen and oxygen atoms in total. The molecule has 1 aromatic rings. The molecule has 0 aliphatic carbocycles. The van der Waals surface area contributed by atoms with Crippen LogP contribution in [-0.4, -0.2) is 30.4 Å². The zero-order valence-electron chi connectivity index (χ0n) is 9.21. The van der Waals surface area contributed by atoms with E-state index < -0.39 is 11.7 Å². The Hall–Kier alpha value is -1.13. The molecule has 1 unspecified atom stereocenters. The van der Waals surface area contributed by atoms with E-state index in [9.17, 15) is 9.18 Å². The summed E-state index contributed by atoms with van der Waals surface area (Å²) in [5.74, 6) is -0.997. The van der Waals surface area contributed by atoms with E-state index >= 15 is 0 Å². The molecule has 0 radical (unpaired) electrons. The van der Waals surface area contributed by atoms with Crippen LogP contribution in [0.15, 0.2) is 18.2 Å². The third kappa shape index (κ3) is 2.71. The second kappa shape index (κ2) is 5.27. The van der Waals surface area contributed by atoms with Crippen molar-refractivity contribution in [3.63, 3.8) is 0 Å². The van der Waals surface area contributed by atoms with Crippen LogP contribution in [0.25, 0.3) is 0 Å². The number of hydrogen-bond acceptors (Lipinski definition) is 2. The molecule has 0 spiro atoms. The van der Waals surface area contributed by atoms with E-state index in [0.29, 0.717) is 11.6 Å². The molecule has 0 heterocycles. The largest absolute Gasteiger partial charge is 0.338 e. The summed E-state index contributed by atoms with van der Waals surface area (Å²) in [4.78, 5) is 13.3. The van der Waals surface area contributed by atoms with Gasteiger partial charge in [-0.2, -0.15) is 0 Å². The Morgan fingerprint density at radius 3 is 2.81 bits per heavy atom. The van der Waals surface area contributed by atoms with Crippen LogP contribution in [0.5, 0.6) is 0 Å². The van der Waals surface area contributed by atoms with E-state index in [4.69, 9.17) is 17.3 Å². The Morgan fingerprint density at radius 2 is 2.25 bits per heavy atom. The Bertz CT molecular complexity index is 398. The smallest absolute Gasteiger partial charge is 0.256 e. The number of likely N-dealkylation sites (N-methyl/N-ethyl adjacent to an activating group) is 1. The number of hydrogen-bond donors (Lipinski definition) is 1. The summed E-state index contributed by atoms with van der Waals surface area (Å²) >= 11 is 5.72. The van der Waals surface area contributed by atoms with Crippen LogP contribution in [0.1, 0.15) is 17.3 Å². The first kappa shape index (κ1) is 12.9. The van der Waals surface area contributed by atoms with E-state index in [2.05, 4.69) is 0 Å². The first-order chi connectivity index (χ1) is 7.47. The summed E-state index contributed by atoms with van der Waals surface area (Å²) in [6.45, 7) is 2.12. The normalized spacial score (nSPS) is 12.3. The maximum absolute atomic E-state index is 13.4. The molecular formula is C11H14ClFN2O. The van der Waals surface area contributed by atoms with Crippen molar-refractivity contribution >= 4 is 17.5 Å². The molecule has 1 amide bonds. The first-order valence-corrected chi connectivity index (χ1v) is 5.27. The van der Waals surface area contributed by atoms with Crippen LogP contribution in [0.2, 0.25) is 5.02 Å². The lowest BCUT2D eigenvalue weighted by molar-refractivity contribution is 0.0743. The van der Waals surface area contributed by atoms with Crippen LogP contribution >= 0.6 is 11.6 Å². The van der Waals surface area contributed by atoms with Crippen molar-refractivity contribution in [3.8, 4) is 0 Å². The molecule has 5 heteroatoms. The maximum Gasteiger partial charge on any atom is 0.256 e. The van der Waals surface area contributed by atoms with Crippen molar-refractivity contribution in [2.75, 3.05) is 13.6 Å². The van der Waals surface area contributed by atoms with Gasteiger partial charge in [0, 0.05) is 24.7 Å². The van der Waals surface area contributed by atoms with Gasteiger partial charge in [0.2, 0.25) is 0 Å². The van der Waals surface area contributed by atoms with Crippen LogP contribution in [0.3, 0.4) is 0 Å². The van der Waals surface area contributed by atoms with Crippen LogP contribution < -0.4 is 5.73 Å². The lowest BCUT2D eigenvalue weighted by Crippen LogP contribution is -2.40. The van der Waals surface area contributed by atoms with Gasteiger partial charge in [0.25, 0.3) is 5.91 Å². The van der Waals surface area contributed by atoms with Crippen molar-refractivity contribution in [1.82, 2.24) is 4.90 Å². The highest BCUT2D eigenvalue weighted by Crippen LogP contribution is 2.17. The SMILES string of the molecule is CC(CN)N(C)C(=O)c1cc(Cl)ccc1F. The number of carbonyl (C=O) groups is 1. The molecule has 0 aliphatic rings. The molecular weight excluding hydrogens is 231 g/mol. The topological polar surface area (TPSA) is 46.3 Å². The minimum atomic E-state index is -0.578. The molecule has 88 valence electrons. The van der Waals surface area contributed by atoms with Crippen molar-refractivity contribution < 1.29 is 9.18 Å². The Kier molecular flexibility index (Phi) is 4.26. The van der Waals surface area contributed by atoms with Crippen molar-refractivity contribution in [1.29, 1.82) is 0 Å². The van der Waals surface area contributed by atoms with E-state index in [1.165, 1.54) is 23.1 Å². The van der Waals surface area contributed by atoms with Gasteiger partial charge >= 0.3 is 0 Å². The highest BCUT2D eigenvalue weighted by Gasteiger charge is 2.19. The standard InChI is InChI=1S/C11H14ClFN2O/c1-7(6-14)15(2)11(16)9-5-8(12)3-4-10(9)13/h3-5,7H,6,14H2,1-2H3. The molecule has 1 aromatic carbocycles. The number of rotatable bonds is 3. The average Bonchev–Trinajstić information content (AvgIpc) is 2.29. The predicted octanol–water partition coefficient (Wildman–Crippen LogP) is 1.90. The molecule has 0 aliphatic heterocycles. The van der Waals surface area contributed by atoms with Gasteiger partial charge in [-0.1, -0.05) is 11.6 Å². The highest BCUT2D eigenvalue weighted by atomic mass is 35.5. The van der Waals surface area contributed by atoms with E-state index in [1.807, 2.05) is 0 Å². The van der Waals surface area contributed by atoms with Gasteiger partial charge in [0.05, 0.1) is 5.56 Å². The lowest BCUT2D eigenvalue weighted by Gasteiger charge is -2.23. The van der Waals surface area contributed by atoms with E-state index in [0.717, 1.165) is 0 Å². The number of nitrogens with two attached hydrogens (primary N) is 1. The van der Waals surface area contributed by atoms with Gasteiger partial charge in [-0.25, -0.2) is 4.39 Å². The molecule has 2 N–H and O–H groups in total. The molecule has 0 bridgehead atoms. The second-order valence-electron chi connectivity index (χ2n) is 3.62. The summed E-state index contributed by atoms with van der Waals surface area (Å²) in [7, 11) is 1.58. The molecule has 0 fully saturated rings. The third-order valence-electron chi connectivity index (χ3n) is 2.48. The summed E-state index contributed by atoms with van der Waals surface area (Å²) in [5.41, 5.74) is 5.41. The summed E-state index contributed by atoms with van der Waals surface area (Å²) in [5, 5.41) is 0.332. The van der Waals surface area contributed by atoms with Gasteiger partial charge in [-0.15, -0.1) is 0 Å². The Balaban J connectivity index is 3.00. The van der Waals surface area contributed by atoms with Gasteiger partial charge in [-0.05, 0) is 25.1 Å². The number of amides is 1.